The Morgan fingerprint density at radius 3 is 2.64 bits per heavy atom. The highest BCUT2D eigenvalue weighted by Crippen LogP contribution is 2.27. The van der Waals surface area contributed by atoms with Crippen molar-refractivity contribution in [1.29, 1.82) is 0 Å². The van der Waals surface area contributed by atoms with Crippen molar-refractivity contribution in [3.05, 3.63) is 46.4 Å². The fourth-order valence-electron chi connectivity index (χ4n) is 3.37. The molecule has 0 atom stereocenters. The molecule has 1 aromatic carbocycles. The van der Waals surface area contributed by atoms with Gasteiger partial charge >= 0.3 is 0 Å². The minimum Gasteiger partial charge on any atom is -0.378 e. The van der Waals surface area contributed by atoms with Crippen LogP contribution >= 0.6 is 11.5 Å². The molecule has 0 bridgehead atoms. The Morgan fingerprint density at radius 2 is 2.00 bits per heavy atom. The molecule has 1 aromatic heterocycles. The second-order valence-corrected chi connectivity index (χ2v) is 7.86. The van der Waals surface area contributed by atoms with E-state index in [2.05, 4.69) is 15.0 Å². The van der Waals surface area contributed by atoms with E-state index in [0.29, 0.717) is 43.6 Å². The Hall–Kier alpha value is -2.48. The van der Waals surface area contributed by atoms with E-state index < -0.39 is 0 Å². The molecule has 8 heteroatoms. The minimum absolute atomic E-state index is 0.0374. The highest BCUT2D eigenvalue weighted by molar-refractivity contribution is 7.10. The summed E-state index contributed by atoms with van der Waals surface area (Å²) < 4.78 is 17.9. The molecule has 0 radical (unpaired) electrons. The summed E-state index contributed by atoms with van der Waals surface area (Å²) in [6, 6.07) is 4.98. The van der Waals surface area contributed by atoms with Gasteiger partial charge in [-0.2, -0.15) is 4.37 Å². The van der Waals surface area contributed by atoms with E-state index >= 15 is 0 Å². The second-order valence-electron chi connectivity index (χ2n) is 7.09. The largest absolute Gasteiger partial charge is 0.378 e. The van der Waals surface area contributed by atoms with Crippen molar-refractivity contribution in [3.8, 4) is 0 Å². The van der Waals surface area contributed by atoms with E-state index in [4.69, 9.17) is 0 Å². The molecule has 1 saturated heterocycles. The van der Waals surface area contributed by atoms with Crippen molar-refractivity contribution >= 4 is 28.3 Å². The molecule has 0 aliphatic carbocycles. The molecular weight excluding hydrogens is 379 g/mol. The summed E-state index contributed by atoms with van der Waals surface area (Å²) in [6.45, 7) is 4.92. The lowest BCUT2D eigenvalue weighted by Crippen LogP contribution is -2.43. The Labute approximate surface area is 168 Å². The van der Waals surface area contributed by atoms with Crippen molar-refractivity contribution in [1.82, 2.24) is 14.6 Å². The van der Waals surface area contributed by atoms with E-state index in [1.54, 1.807) is 24.9 Å². The maximum atomic E-state index is 13.6. The van der Waals surface area contributed by atoms with Crippen LogP contribution in [-0.4, -0.2) is 41.2 Å². The lowest BCUT2D eigenvalue weighted by atomic mass is 9.95. The van der Waals surface area contributed by atoms with Gasteiger partial charge in [0, 0.05) is 32.6 Å². The number of aromatic nitrogens is 1. The second kappa shape index (κ2) is 8.68. The normalized spacial score (nSPS) is 14.8. The molecule has 28 heavy (non-hydrogen) atoms. The van der Waals surface area contributed by atoms with E-state index in [1.165, 1.54) is 17.6 Å². The van der Waals surface area contributed by atoms with Gasteiger partial charge in [0.05, 0.1) is 11.3 Å². The number of carbonyl (C=O) groups is 2. The molecule has 0 spiro atoms. The average Bonchev–Trinajstić information content (AvgIpc) is 3.08. The third kappa shape index (κ3) is 4.32. The Kier molecular flexibility index (Phi) is 6.28. The predicted molar refractivity (Wildman–Crippen MR) is 108 cm³/mol. The Bertz CT molecular complexity index is 875. The monoisotopic (exact) mass is 404 g/mol. The van der Waals surface area contributed by atoms with Crippen molar-refractivity contribution in [2.45, 2.75) is 33.2 Å². The number of carbonyl (C=O) groups excluding carboxylic acids is 2. The van der Waals surface area contributed by atoms with Crippen LogP contribution in [0.2, 0.25) is 0 Å². The topological polar surface area (TPSA) is 74.3 Å². The summed E-state index contributed by atoms with van der Waals surface area (Å²) in [5.41, 5.74) is 2.68. The predicted octanol–water partition coefficient (Wildman–Crippen LogP) is 3.11. The number of hydrogen-bond acceptors (Lipinski definition) is 5. The van der Waals surface area contributed by atoms with Crippen LogP contribution in [0.25, 0.3) is 0 Å². The molecule has 0 saturated carbocycles. The first-order valence-electron chi connectivity index (χ1n) is 9.36. The molecule has 2 amide bonds. The molecular formula is C20H25FN4O2S. The van der Waals surface area contributed by atoms with Gasteiger partial charge in [0.2, 0.25) is 5.91 Å². The summed E-state index contributed by atoms with van der Waals surface area (Å²) in [5.74, 6) is -0.482. The standard InChI is InChI=1S/C20H25FN4O2S/c1-12-4-5-14(10-16(12)21)11-23-18(26)15-6-8-25(9-7-15)20(27)17-13(2)24-28-19(17)22-3/h4-5,10,15,22H,6-9,11H2,1-3H3,(H,23,26). The quantitative estimate of drug-likeness (QED) is 0.803. The summed E-state index contributed by atoms with van der Waals surface area (Å²) in [5, 5.41) is 6.68. The van der Waals surface area contributed by atoms with Crippen LogP contribution in [-0.2, 0) is 11.3 Å². The Morgan fingerprint density at radius 1 is 1.29 bits per heavy atom. The molecule has 150 valence electrons. The van der Waals surface area contributed by atoms with Gasteiger partial charge in [-0.1, -0.05) is 12.1 Å². The third-order valence-corrected chi connectivity index (χ3v) is 6.12. The van der Waals surface area contributed by atoms with Gasteiger partial charge in [-0.3, -0.25) is 9.59 Å². The zero-order valence-electron chi connectivity index (χ0n) is 16.3. The van der Waals surface area contributed by atoms with E-state index in [0.717, 1.165) is 16.3 Å². The summed E-state index contributed by atoms with van der Waals surface area (Å²) in [4.78, 5) is 27.1. The zero-order valence-corrected chi connectivity index (χ0v) is 17.2. The fraction of sp³-hybridized carbons (Fsp3) is 0.450. The zero-order chi connectivity index (χ0) is 20.3. The van der Waals surface area contributed by atoms with Crippen LogP contribution in [0, 0.1) is 25.6 Å². The van der Waals surface area contributed by atoms with Crippen molar-refractivity contribution < 1.29 is 14.0 Å². The molecule has 2 aromatic rings. The van der Waals surface area contributed by atoms with Gasteiger partial charge in [-0.25, -0.2) is 4.39 Å². The molecule has 3 rings (SSSR count). The van der Waals surface area contributed by atoms with Gasteiger partial charge in [-0.05, 0) is 55.4 Å². The van der Waals surface area contributed by atoms with E-state index in [-0.39, 0.29) is 23.5 Å². The molecule has 2 heterocycles. The number of aryl methyl sites for hydroxylation is 2. The number of anilines is 1. The lowest BCUT2D eigenvalue weighted by Gasteiger charge is -2.31. The number of likely N-dealkylation sites (tertiary alicyclic amines) is 1. The van der Waals surface area contributed by atoms with Gasteiger partial charge in [-0.15, -0.1) is 0 Å². The number of hydrogen-bond donors (Lipinski definition) is 2. The Balaban J connectivity index is 1.53. The maximum absolute atomic E-state index is 13.6. The van der Waals surface area contributed by atoms with Gasteiger partial charge in [0.15, 0.2) is 0 Å². The third-order valence-electron chi connectivity index (χ3n) is 5.16. The first kappa shape index (κ1) is 20.3. The summed E-state index contributed by atoms with van der Waals surface area (Å²) in [7, 11) is 1.78. The summed E-state index contributed by atoms with van der Waals surface area (Å²) >= 11 is 1.28. The highest BCUT2D eigenvalue weighted by Gasteiger charge is 2.30. The van der Waals surface area contributed by atoms with Crippen LogP contribution in [0.3, 0.4) is 0 Å². The lowest BCUT2D eigenvalue weighted by molar-refractivity contribution is -0.126. The van der Waals surface area contributed by atoms with Gasteiger partial charge in [0.1, 0.15) is 10.8 Å². The fourth-order valence-corrected chi connectivity index (χ4v) is 4.11. The molecule has 1 aliphatic rings. The first-order chi connectivity index (χ1) is 13.4. The maximum Gasteiger partial charge on any atom is 0.258 e. The van der Waals surface area contributed by atoms with Crippen LogP contribution in [0.5, 0.6) is 0 Å². The van der Waals surface area contributed by atoms with Gasteiger partial charge in [0.25, 0.3) is 5.91 Å². The molecule has 2 N–H and O–H groups in total. The minimum atomic E-state index is -0.266. The average molecular weight is 405 g/mol. The van der Waals surface area contributed by atoms with Crippen LogP contribution < -0.4 is 10.6 Å². The van der Waals surface area contributed by atoms with Crippen molar-refractivity contribution in [2.24, 2.45) is 5.92 Å². The van der Waals surface area contributed by atoms with Crippen molar-refractivity contribution in [2.75, 3.05) is 25.5 Å². The summed E-state index contributed by atoms with van der Waals surface area (Å²) in [6.07, 6.45) is 1.23. The molecule has 1 aliphatic heterocycles. The van der Waals surface area contributed by atoms with Crippen molar-refractivity contribution in [3.63, 3.8) is 0 Å². The smallest absolute Gasteiger partial charge is 0.258 e. The van der Waals surface area contributed by atoms with Crippen LogP contribution in [0.1, 0.15) is 40.0 Å². The van der Waals surface area contributed by atoms with Crippen LogP contribution in [0.4, 0.5) is 9.39 Å². The first-order valence-corrected chi connectivity index (χ1v) is 10.1. The number of halogens is 1. The number of piperidine rings is 1. The van der Waals surface area contributed by atoms with Crippen LogP contribution in [0.15, 0.2) is 18.2 Å². The van der Waals surface area contributed by atoms with E-state index in [1.807, 2.05) is 13.0 Å². The molecule has 6 nitrogen and oxygen atoms in total. The highest BCUT2D eigenvalue weighted by atomic mass is 32.1. The number of amides is 2. The van der Waals surface area contributed by atoms with Gasteiger partial charge < -0.3 is 15.5 Å². The number of nitrogens with one attached hydrogen (secondary N) is 2. The SMILES string of the molecule is CNc1snc(C)c1C(=O)N1CCC(C(=O)NCc2ccc(C)c(F)c2)CC1. The number of benzene rings is 1. The van der Waals surface area contributed by atoms with E-state index in [9.17, 15) is 14.0 Å². The molecule has 0 unspecified atom stereocenters. The molecule has 1 fully saturated rings. The number of nitrogens with zero attached hydrogens (tertiary/aromatic N) is 2. The number of rotatable bonds is 5.